The molecule has 2 aromatic rings. The van der Waals surface area contributed by atoms with Gasteiger partial charge in [0.05, 0.1) is 11.6 Å². The lowest BCUT2D eigenvalue weighted by Gasteiger charge is -2.30. The second kappa shape index (κ2) is 8.65. The lowest BCUT2D eigenvalue weighted by Crippen LogP contribution is -2.32. The van der Waals surface area contributed by atoms with Crippen molar-refractivity contribution in [1.82, 2.24) is 14.9 Å². The Labute approximate surface area is 174 Å². The topological polar surface area (TPSA) is 97.9 Å². The number of nitrogens with zero attached hydrogens (tertiary/aromatic N) is 5. The van der Waals surface area contributed by atoms with Crippen LogP contribution in [0.4, 0.5) is 5.82 Å². The molecule has 2 aromatic heterocycles. The molecule has 1 aliphatic heterocycles. The zero-order valence-electron chi connectivity index (χ0n) is 16.0. The van der Waals surface area contributed by atoms with Crippen LogP contribution in [-0.2, 0) is 19.5 Å². The standard InChI is InChI=1S/C21H21ClN6O/c22-20-17(10-24)18-13-28(9-6-16(18)21(27-20)25-8-7-23)12-14-4-5-19(26-11-14)29-15-2-1-3-15/h4-5,11,15H,1-3,6,8-9,12-13H2,(H,25,27). The van der Waals surface area contributed by atoms with Crippen molar-refractivity contribution in [3.8, 4) is 18.0 Å². The van der Waals surface area contributed by atoms with E-state index in [2.05, 4.69) is 26.3 Å². The van der Waals surface area contributed by atoms with Gasteiger partial charge in [0.1, 0.15) is 29.7 Å². The fourth-order valence-corrected chi connectivity index (χ4v) is 3.91. The first-order valence-corrected chi connectivity index (χ1v) is 10.1. The Kier molecular flexibility index (Phi) is 5.80. The number of nitrogens with one attached hydrogen (secondary N) is 1. The summed E-state index contributed by atoms with van der Waals surface area (Å²) < 4.78 is 5.82. The zero-order chi connectivity index (χ0) is 20.2. The molecule has 0 bridgehead atoms. The van der Waals surface area contributed by atoms with Gasteiger partial charge in [0.15, 0.2) is 0 Å². The summed E-state index contributed by atoms with van der Waals surface area (Å²) in [5.41, 5.74) is 3.36. The van der Waals surface area contributed by atoms with E-state index in [1.54, 1.807) is 0 Å². The molecule has 0 aromatic carbocycles. The lowest BCUT2D eigenvalue weighted by atomic mass is 9.96. The Morgan fingerprint density at radius 3 is 2.79 bits per heavy atom. The summed E-state index contributed by atoms with van der Waals surface area (Å²) in [6.45, 7) is 2.29. The Morgan fingerprint density at radius 1 is 1.28 bits per heavy atom. The number of nitriles is 2. The maximum Gasteiger partial charge on any atom is 0.213 e. The summed E-state index contributed by atoms with van der Waals surface area (Å²) in [6.07, 6.45) is 6.36. The van der Waals surface area contributed by atoms with Gasteiger partial charge in [-0.15, -0.1) is 0 Å². The Hall–Kier alpha value is -2.87. The molecule has 7 nitrogen and oxygen atoms in total. The predicted molar refractivity (Wildman–Crippen MR) is 108 cm³/mol. The summed E-state index contributed by atoms with van der Waals surface area (Å²) in [4.78, 5) is 11.0. The monoisotopic (exact) mass is 408 g/mol. The van der Waals surface area contributed by atoms with E-state index < -0.39 is 0 Å². The van der Waals surface area contributed by atoms with Gasteiger partial charge in [-0.3, -0.25) is 4.90 Å². The van der Waals surface area contributed by atoms with Crippen molar-refractivity contribution in [2.75, 3.05) is 18.4 Å². The summed E-state index contributed by atoms with van der Waals surface area (Å²) in [5.74, 6) is 1.28. The van der Waals surface area contributed by atoms with Crippen LogP contribution in [-0.4, -0.2) is 34.1 Å². The lowest BCUT2D eigenvalue weighted by molar-refractivity contribution is 0.114. The first kappa shape index (κ1) is 19.4. The van der Waals surface area contributed by atoms with Gasteiger partial charge in [-0.2, -0.15) is 10.5 Å². The molecular weight excluding hydrogens is 388 g/mol. The fraction of sp³-hybridized carbons (Fsp3) is 0.429. The predicted octanol–water partition coefficient (Wildman–Crippen LogP) is 3.43. The first-order valence-electron chi connectivity index (χ1n) is 9.74. The van der Waals surface area contributed by atoms with Gasteiger partial charge >= 0.3 is 0 Å². The third kappa shape index (κ3) is 4.27. The van der Waals surface area contributed by atoms with Crippen LogP contribution in [0.5, 0.6) is 5.88 Å². The maximum absolute atomic E-state index is 9.56. The van der Waals surface area contributed by atoms with Gasteiger partial charge in [0.2, 0.25) is 5.88 Å². The van der Waals surface area contributed by atoms with Gasteiger partial charge in [0.25, 0.3) is 0 Å². The average Bonchev–Trinajstić information content (AvgIpc) is 2.70. The van der Waals surface area contributed by atoms with Crippen LogP contribution in [0.25, 0.3) is 0 Å². The molecule has 0 spiro atoms. The molecule has 4 rings (SSSR count). The van der Waals surface area contributed by atoms with E-state index in [1.807, 2.05) is 24.4 Å². The number of ether oxygens (including phenoxy) is 1. The van der Waals surface area contributed by atoms with Crippen LogP contribution in [0.2, 0.25) is 5.15 Å². The highest BCUT2D eigenvalue weighted by molar-refractivity contribution is 6.30. The number of rotatable bonds is 6. The van der Waals surface area contributed by atoms with Crippen molar-refractivity contribution in [1.29, 1.82) is 10.5 Å². The van der Waals surface area contributed by atoms with Crippen LogP contribution in [0.15, 0.2) is 18.3 Å². The molecule has 1 aliphatic carbocycles. The Morgan fingerprint density at radius 2 is 2.14 bits per heavy atom. The highest BCUT2D eigenvalue weighted by Crippen LogP contribution is 2.32. The number of halogens is 1. The minimum Gasteiger partial charge on any atom is -0.474 e. The van der Waals surface area contributed by atoms with Gasteiger partial charge in [-0.05, 0) is 36.8 Å². The molecule has 1 fully saturated rings. The third-order valence-corrected chi connectivity index (χ3v) is 5.69. The summed E-state index contributed by atoms with van der Waals surface area (Å²) in [6, 6.07) is 8.20. The number of fused-ring (bicyclic) bond motifs is 1. The van der Waals surface area contributed by atoms with Crippen LogP contribution in [0.3, 0.4) is 0 Å². The molecule has 0 amide bonds. The molecule has 0 atom stereocenters. The fourth-order valence-electron chi connectivity index (χ4n) is 3.67. The molecule has 2 aliphatic rings. The van der Waals surface area contributed by atoms with E-state index >= 15 is 0 Å². The third-order valence-electron chi connectivity index (χ3n) is 5.42. The highest BCUT2D eigenvalue weighted by Gasteiger charge is 2.25. The van der Waals surface area contributed by atoms with Gasteiger partial charge in [0, 0.05) is 37.5 Å². The number of pyridine rings is 2. The molecule has 0 radical (unpaired) electrons. The van der Waals surface area contributed by atoms with E-state index in [0.29, 0.717) is 29.9 Å². The van der Waals surface area contributed by atoms with Crippen molar-refractivity contribution >= 4 is 17.4 Å². The van der Waals surface area contributed by atoms with Gasteiger partial charge < -0.3 is 10.1 Å². The molecule has 3 heterocycles. The van der Waals surface area contributed by atoms with Crippen LogP contribution in [0, 0.1) is 22.7 Å². The van der Waals surface area contributed by atoms with E-state index in [9.17, 15) is 5.26 Å². The summed E-state index contributed by atoms with van der Waals surface area (Å²) in [5, 5.41) is 21.6. The minimum absolute atomic E-state index is 0.145. The quantitative estimate of drug-likeness (QED) is 0.577. The van der Waals surface area contributed by atoms with Crippen molar-refractivity contribution in [3.63, 3.8) is 0 Å². The van der Waals surface area contributed by atoms with E-state index in [4.69, 9.17) is 21.6 Å². The summed E-state index contributed by atoms with van der Waals surface area (Å²) in [7, 11) is 0. The Bertz CT molecular complexity index is 975. The van der Waals surface area contributed by atoms with Crippen molar-refractivity contribution in [2.45, 2.75) is 44.9 Å². The molecule has 148 valence electrons. The average molecular weight is 409 g/mol. The number of anilines is 1. The number of aromatic nitrogens is 2. The van der Waals surface area contributed by atoms with E-state index in [-0.39, 0.29) is 11.7 Å². The molecule has 8 heteroatoms. The number of hydrogen-bond acceptors (Lipinski definition) is 7. The van der Waals surface area contributed by atoms with E-state index in [1.165, 1.54) is 6.42 Å². The summed E-state index contributed by atoms with van der Waals surface area (Å²) >= 11 is 6.23. The highest BCUT2D eigenvalue weighted by atomic mass is 35.5. The molecular formula is C21H21ClN6O. The molecule has 0 unspecified atom stereocenters. The Balaban J connectivity index is 1.48. The van der Waals surface area contributed by atoms with Crippen molar-refractivity contribution < 1.29 is 4.74 Å². The van der Waals surface area contributed by atoms with Crippen molar-refractivity contribution in [2.24, 2.45) is 0 Å². The van der Waals surface area contributed by atoms with Crippen LogP contribution < -0.4 is 10.1 Å². The van der Waals surface area contributed by atoms with Gasteiger partial charge in [-0.1, -0.05) is 17.7 Å². The molecule has 0 saturated heterocycles. The van der Waals surface area contributed by atoms with E-state index in [0.717, 1.165) is 49.0 Å². The zero-order valence-corrected chi connectivity index (χ0v) is 16.7. The largest absolute Gasteiger partial charge is 0.474 e. The minimum atomic E-state index is 0.145. The van der Waals surface area contributed by atoms with Crippen LogP contribution in [0.1, 0.15) is 41.5 Å². The SMILES string of the molecule is N#CCNc1nc(Cl)c(C#N)c2c1CCN(Cc1ccc(OC3CCC3)nc1)C2. The normalized spacial score (nSPS) is 16.2. The van der Waals surface area contributed by atoms with Gasteiger partial charge in [-0.25, -0.2) is 9.97 Å². The molecule has 1 saturated carbocycles. The second-order valence-electron chi connectivity index (χ2n) is 7.34. The molecule has 29 heavy (non-hydrogen) atoms. The van der Waals surface area contributed by atoms with Crippen molar-refractivity contribution in [3.05, 3.63) is 45.7 Å². The molecule has 1 N–H and O–H groups in total. The number of hydrogen-bond donors (Lipinski definition) is 1. The van der Waals surface area contributed by atoms with Crippen LogP contribution >= 0.6 is 11.6 Å². The smallest absolute Gasteiger partial charge is 0.213 e. The maximum atomic E-state index is 9.56. The first-order chi connectivity index (χ1) is 14.2. The second-order valence-corrected chi connectivity index (χ2v) is 7.70.